The van der Waals surface area contributed by atoms with Crippen LogP contribution in [0.3, 0.4) is 0 Å². The van der Waals surface area contributed by atoms with Crippen LogP contribution in [0.2, 0.25) is 0 Å². The molecule has 0 saturated carbocycles. The molecule has 2 nitrogen and oxygen atoms in total. The van der Waals surface area contributed by atoms with Gasteiger partial charge < -0.3 is 4.74 Å². The van der Waals surface area contributed by atoms with Crippen LogP contribution in [0.5, 0.6) is 0 Å². The Kier molecular flexibility index (Phi) is 5.32. The van der Waals surface area contributed by atoms with Crippen molar-refractivity contribution in [3.63, 3.8) is 0 Å². The van der Waals surface area contributed by atoms with Crippen molar-refractivity contribution in [3.8, 4) is 0 Å². The number of methoxy groups -OCH3 is 1. The number of carbonyl (C=O) groups is 1. The number of rotatable bonds is 3. The first-order valence-corrected chi connectivity index (χ1v) is 3.15. The molecular formula is C6H9ClO2. The fourth-order valence-electron chi connectivity index (χ4n) is 0.311. The van der Waals surface area contributed by atoms with Crippen molar-refractivity contribution >= 4 is 17.6 Å². The van der Waals surface area contributed by atoms with Gasteiger partial charge in [-0.1, -0.05) is 6.08 Å². The Hall–Kier alpha value is -0.500. The Balaban J connectivity index is 3.32. The highest BCUT2D eigenvalue weighted by Crippen LogP contribution is 1.86. The monoisotopic (exact) mass is 148 g/mol. The average molecular weight is 149 g/mol. The van der Waals surface area contributed by atoms with E-state index in [9.17, 15) is 4.79 Å². The van der Waals surface area contributed by atoms with Gasteiger partial charge in [0.25, 0.3) is 0 Å². The maximum atomic E-state index is 10.3. The second-order valence-electron chi connectivity index (χ2n) is 1.40. The molecule has 0 saturated heterocycles. The molecular weight excluding hydrogens is 140 g/mol. The predicted octanol–water partition coefficient (Wildman–Crippen LogP) is 1.34. The molecule has 0 spiro atoms. The van der Waals surface area contributed by atoms with Gasteiger partial charge in [0, 0.05) is 12.0 Å². The molecule has 0 unspecified atom stereocenters. The zero-order valence-corrected chi connectivity index (χ0v) is 6.02. The van der Waals surface area contributed by atoms with E-state index in [4.69, 9.17) is 11.6 Å². The molecule has 0 fully saturated rings. The summed E-state index contributed by atoms with van der Waals surface area (Å²) in [6, 6.07) is 0. The highest BCUT2D eigenvalue weighted by atomic mass is 35.5. The summed E-state index contributed by atoms with van der Waals surface area (Å²) in [4.78, 5) is 10.3. The molecule has 9 heavy (non-hydrogen) atoms. The second kappa shape index (κ2) is 5.63. The van der Waals surface area contributed by atoms with Gasteiger partial charge in [-0.25, -0.2) is 4.79 Å². The molecule has 0 amide bonds. The van der Waals surface area contributed by atoms with E-state index in [0.29, 0.717) is 12.3 Å². The van der Waals surface area contributed by atoms with E-state index in [1.54, 1.807) is 6.08 Å². The SMILES string of the molecule is COC(=O)C=CCCCl. The molecule has 0 aliphatic rings. The smallest absolute Gasteiger partial charge is 0.330 e. The molecule has 0 rings (SSSR count). The van der Waals surface area contributed by atoms with Gasteiger partial charge in [-0.2, -0.15) is 0 Å². The summed E-state index contributed by atoms with van der Waals surface area (Å²) in [6.07, 6.45) is 3.75. The van der Waals surface area contributed by atoms with Gasteiger partial charge in [0.2, 0.25) is 0 Å². The minimum absolute atomic E-state index is 0.333. The zero-order chi connectivity index (χ0) is 7.11. The first kappa shape index (κ1) is 8.50. The fraction of sp³-hybridized carbons (Fsp3) is 0.500. The molecule has 0 heterocycles. The molecule has 0 aromatic rings. The van der Waals surface area contributed by atoms with Crippen LogP contribution in [-0.4, -0.2) is 19.0 Å². The number of halogens is 1. The summed E-state index contributed by atoms with van der Waals surface area (Å²) in [6.45, 7) is 0. The molecule has 0 aromatic heterocycles. The Labute approximate surface area is 59.5 Å². The van der Waals surface area contributed by atoms with Crippen molar-refractivity contribution in [2.24, 2.45) is 0 Å². The molecule has 0 aliphatic carbocycles. The fourth-order valence-corrected chi connectivity index (χ4v) is 0.437. The normalized spacial score (nSPS) is 10.0. The first-order chi connectivity index (χ1) is 4.31. The lowest BCUT2D eigenvalue weighted by molar-refractivity contribution is -0.134. The maximum Gasteiger partial charge on any atom is 0.330 e. The van der Waals surface area contributed by atoms with Crippen molar-refractivity contribution in [3.05, 3.63) is 12.2 Å². The summed E-state index contributed by atoms with van der Waals surface area (Å²) in [5, 5.41) is 0. The molecule has 0 radical (unpaired) electrons. The minimum Gasteiger partial charge on any atom is -0.466 e. The number of hydrogen-bond acceptors (Lipinski definition) is 2. The Morgan fingerprint density at radius 3 is 2.89 bits per heavy atom. The largest absolute Gasteiger partial charge is 0.466 e. The Morgan fingerprint density at radius 2 is 2.44 bits per heavy atom. The number of allylic oxidation sites excluding steroid dienone is 1. The van der Waals surface area contributed by atoms with Gasteiger partial charge in [0.1, 0.15) is 0 Å². The molecule has 52 valence electrons. The van der Waals surface area contributed by atoms with Gasteiger partial charge in [-0.15, -0.1) is 11.6 Å². The van der Waals surface area contributed by atoms with E-state index in [0.717, 1.165) is 0 Å². The number of esters is 1. The van der Waals surface area contributed by atoms with Crippen LogP contribution in [0.25, 0.3) is 0 Å². The van der Waals surface area contributed by atoms with Crippen molar-refractivity contribution in [1.29, 1.82) is 0 Å². The summed E-state index contributed by atoms with van der Waals surface area (Å²) in [7, 11) is 1.34. The first-order valence-electron chi connectivity index (χ1n) is 2.61. The van der Waals surface area contributed by atoms with Crippen LogP contribution in [0.4, 0.5) is 0 Å². The highest BCUT2D eigenvalue weighted by molar-refractivity contribution is 6.17. The number of hydrogen-bond donors (Lipinski definition) is 0. The standard InChI is InChI=1S/C6H9ClO2/c1-9-6(8)4-2-3-5-7/h2,4H,3,5H2,1H3. The second-order valence-corrected chi connectivity index (χ2v) is 1.78. The van der Waals surface area contributed by atoms with E-state index >= 15 is 0 Å². The molecule has 0 atom stereocenters. The Morgan fingerprint density at radius 1 is 1.78 bits per heavy atom. The van der Waals surface area contributed by atoms with Gasteiger partial charge in [0.15, 0.2) is 0 Å². The molecule has 3 heteroatoms. The lowest BCUT2D eigenvalue weighted by Crippen LogP contribution is -1.93. The van der Waals surface area contributed by atoms with Gasteiger partial charge in [-0.05, 0) is 6.42 Å². The van der Waals surface area contributed by atoms with E-state index < -0.39 is 0 Å². The van der Waals surface area contributed by atoms with Crippen molar-refractivity contribution in [2.45, 2.75) is 6.42 Å². The third-order valence-corrected chi connectivity index (χ3v) is 0.949. The summed E-state index contributed by atoms with van der Waals surface area (Å²) < 4.78 is 4.33. The highest BCUT2D eigenvalue weighted by Gasteiger charge is 1.87. The van der Waals surface area contributed by atoms with Crippen LogP contribution in [0.1, 0.15) is 6.42 Å². The zero-order valence-electron chi connectivity index (χ0n) is 5.26. The van der Waals surface area contributed by atoms with Crippen LogP contribution in [-0.2, 0) is 9.53 Å². The lowest BCUT2D eigenvalue weighted by Gasteiger charge is -1.87. The maximum absolute atomic E-state index is 10.3. The third kappa shape index (κ3) is 5.37. The van der Waals surface area contributed by atoms with E-state index in [1.165, 1.54) is 13.2 Å². The van der Waals surface area contributed by atoms with E-state index in [-0.39, 0.29) is 5.97 Å². The van der Waals surface area contributed by atoms with Crippen molar-refractivity contribution in [1.82, 2.24) is 0 Å². The van der Waals surface area contributed by atoms with Crippen LogP contribution in [0, 0.1) is 0 Å². The predicted molar refractivity (Wildman–Crippen MR) is 36.5 cm³/mol. The topological polar surface area (TPSA) is 26.3 Å². The van der Waals surface area contributed by atoms with Crippen molar-refractivity contribution in [2.75, 3.05) is 13.0 Å². The summed E-state index contributed by atoms with van der Waals surface area (Å²) in [5.41, 5.74) is 0. The van der Waals surface area contributed by atoms with Gasteiger partial charge in [-0.3, -0.25) is 0 Å². The molecule has 0 aromatic carbocycles. The van der Waals surface area contributed by atoms with Crippen LogP contribution in [0.15, 0.2) is 12.2 Å². The minimum atomic E-state index is -0.333. The van der Waals surface area contributed by atoms with Gasteiger partial charge in [0.05, 0.1) is 7.11 Å². The lowest BCUT2D eigenvalue weighted by atomic mass is 10.4. The van der Waals surface area contributed by atoms with Crippen molar-refractivity contribution < 1.29 is 9.53 Å². The van der Waals surface area contributed by atoms with E-state index in [1.807, 2.05) is 0 Å². The Bertz CT molecular complexity index is 110. The number of ether oxygens (including phenoxy) is 1. The average Bonchev–Trinajstić information content (AvgIpc) is 1.89. The molecule has 0 aliphatic heterocycles. The quantitative estimate of drug-likeness (QED) is 0.343. The summed E-state index contributed by atoms with van der Waals surface area (Å²) in [5.74, 6) is 0.202. The number of alkyl halides is 1. The van der Waals surface area contributed by atoms with Gasteiger partial charge >= 0.3 is 5.97 Å². The third-order valence-electron chi connectivity index (χ3n) is 0.731. The van der Waals surface area contributed by atoms with Crippen LogP contribution >= 0.6 is 11.6 Å². The van der Waals surface area contributed by atoms with Crippen LogP contribution < -0.4 is 0 Å². The molecule has 0 N–H and O–H groups in total. The number of carbonyl (C=O) groups excluding carboxylic acids is 1. The molecule has 0 bridgehead atoms. The summed E-state index contributed by atoms with van der Waals surface area (Å²) >= 11 is 5.32. The van der Waals surface area contributed by atoms with E-state index in [2.05, 4.69) is 4.74 Å².